The van der Waals surface area contributed by atoms with Crippen LogP contribution < -0.4 is 11.1 Å². The van der Waals surface area contributed by atoms with E-state index in [1.807, 2.05) is 37.3 Å². The number of carbonyl (C=O) groups is 1. The zero-order valence-corrected chi connectivity index (χ0v) is 11.3. The molecular weight excluding hydrogens is 255 g/mol. The fourth-order valence-electron chi connectivity index (χ4n) is 2.07. The topological polar surface area (TPSA) is 55.1 Å². The van der Waals surface area contributed by atoms with Gasteiger partial charge in [0.1, 0.15) is 5.82 Å². The van der Waals surface area contributed by atoms with Crippen molar-refractivity contribution >= 4 is 11.6 Å². The summed E-state index contributed by atoms with van der Waals surface area (Å²) in [7, 11) is 0. The summed E-state index contributed by atoms with van der Waals surface area (Å²) in [5.41, 5.74) is 7.17. The number of amides is 1. The second-order valence-corrected chi connectivity index (χ2v) is 4.58. The lowest BCUT2D eigenvalue weighted by Gasteiger charge is -2.18. The van der Waals surface area contributed by atoms with Crippen molar-refractivity contribution in [2.24, 2.45) is 0 Å². The largest absolute Gasteiger partial charge is 0.398 e. The van der Waals surface area contributed by atoms with E-state index in [-0.39, 0.29) is 23.2 Å². The number of nitrogens with two attached hydrogens (primary N) is 1. The Labute approximate surface area is 117 Å². The number of hydrogen-bond donors (Lipinski definition) is 2. The van der Waals surface area contributed by atoms with Crippen LogP contribution in [0.1, 0.15) is 35.3 Å². The molecule has 0 saturated heterocycles. The number of carbonyl (C=O) groups excluding carboxylic acids is 1. The molecular formula is C16H17FN2O. The van der Waals surface area contributed by atoms with E-state index in [9.17, 15) is 9.18 Å². The van der Waals surface area contributed by atoms with Crippen LogP contribution in [0.4, 0.5) is 10.1 Å². The van der Waals surface area contributed by atoms with E-state index in [1.54, 1.807) is 0 Å². The first-order valence-electron chi connectivity index (χ1n) is 6.52. The number of halogens is 1. The maximum atomic E-state index is 13.2. The number of benzene rings is 2. The quantitative estimate of drug-likeness (QED) is 0.839. The molecule has 0 fully saturated rings. The van der Waals surface area contributed by atoms with Gasteiger partial charge in [-0.2, -0.15) is 0 Å². The molecule has 1 unspecified atom stereocenters. The standard InChI is InChI=1S/C16H17FN2O/c1-2-15(11-6-4-3-5-7-11)19-16(20)13-10-12(17)8-9-14(13)18/h3-10,15H,2,18H2,1H3,(H,19,20). The highest BCUT2D eigenvalue weighted by atomic mass is 19.1. The summed E-state index contributed by atoms with van der Waals surface area (Å²) in [6.07, 6.45) is 0.741. The average Bonchev–Trinajstić information content (AvgIpc) is 2.48. The Hall–Kier alpha value is -2.36. The van der Waals surface area contributed by atoms with Gasteiger partial charge in [0.2, 0.25) is 0 Å². The predicted octanol–water partition coefficient (Wildman–Crippen LogP) is 3.29. The molecule has 3 nitrogen and oxygen atoms in total. The SMILES string of the molecule is CCC(NC(=O)c1cc(F)ccc1N)c1ccccc1. The van der Waals surface area contributed by atoms with Crippen molar-refractivity contribution in [3.05, 3.63) is 65.5 Å². The molecule has 0 bridgehead atoms. The Morgan fingerprint density at radius 3 is 2.60 bits per heavy atom. The van der Waals surface area contributed by atoms with Gasteiger partial charge in [-0.1, -0.05) is 37.3 Å². The fourth-order valence-corrected chi connectivity index (χ4v) is 2.07. The van der Waals surface area contributed by atoms with Crippen molar-refractivity contribution in [2.45, 2.75) is 19.4 Å². The van der Waals surface area contributed by atoms with Crippen LogP contribution in [0.3, 0.4) is 0 Å². The van der Waals surface area contributed by atoms with Gasteiger partial charge < -0.3 is 11.1 Å². The lowest BCUT2D eigenvalue weighted by molar-refractivity contribution is 0.0936. The van der Waals surface area contributed by atoms with E-state index in [0.29, 0.717) is 0 Å². The molecule has 0 saturated carbocycles. The molecule has 0 radical (unpaired) electrons. The molecule has 1 atom stereocenters. The number of rotatable bonds is 4. The fraction of sp³-hybridized carbons (Fsp3) is 0.188. The van der Waals surface area contributed by atoms with Crippen LogP contribution in [-0.2, 0) is 0 Å². The predicted molar refractivity (Wildman–Crippen MR) is 77.8 cm³/mol. The lowest BCUT2D eigenvalue weighted by Crippen LogP contribution is -2.28. The van der Waals surface area contributed by atoms with Crippen molar-refractivity contribution in [2.75, 3.05) is 5.73 Å². The summed E-state index contributed by atoms with van der Waals surface area (Å²) in [6.45, 7) is 1.98. The van der Waals surface area contributed by atoms with Gasteiger partial charge in [0.25, 0.3) is 5.91 Å². The van der Waals surface area contributed by atoms with Crippen LogP contribution in [0.5, 0.6) is 0 Å². The first kappa shape index (κ1) is 14.1. The van der Waals surface area contributed by atoms with Gasteiger partial charge in [-0.3, -0.25) is 4.79 Å². The van der Waals surface area contributed by atoms with Gasteiger partial charge >= 0.3 is 0 Å². The van der Waals surface area contributed by atoms with Crippen molar-refractivity contribution in [3.63, 3.8) is 0 Å². The molecule has 3 N–H and O–H groups in total. The molecule has 0 heterocycles. The van der Waals surface area contributed by atoms with Gasteiger partial charge in [-0.05, 0) is 30.2 Å². The first-order valence-corrected chi connectivity index (χ1v) is 6.52. The molecule has 2 aromatic carbocycles. The lowest BCUT2D eigenvalue weighted by atomic mass is 10.0. The maximum absolute atomic E-state index is 13.2. The van der Waals surface area contributed by atoms with Crippen LogP contribution in [0.2, 0.25) is 0 Å². The van der Waals surface area contributed by atoms with Gasteiger partial charge in [-0.15, -0.1) is 0 Å². The summed E-state index contributed by atoms with van der Waals surface area (Å²) in [5.74, 6) is -0.838. The average molecular weight is 272 g/mol. The van der Waals surface area contributed by atoms with Gasteiger partial charge in [0.05, 0.1) is 11.6 Å². The molecule has 0 aliphatic carbocycles. The molecule has 0 aromatic heterocycles. The van der Waals surface area contributed by atoms with Crippen LogP contribution >= 0.6 is 0 Å². The molecule has 1 amide bonds. The monoisotopic (exact) mass is 272 g/mol. The third-order valence-electron chi connectivity index (χ3n) is 3.18. The molecule has 2 aromatic rings. The highest BCUT2D eigenvalue weighted by Crippen LogP contribution is 2.19. The smallest absolute Gasteiger partial charge is 0.253 e. The van der Waals surface area contributed by atoms with Crippen molar-refractivity contribution in [1.29, 1.82) is 0 Å². The summed E-state index contributed by atoms with van der Waals surface area (Å²) in [6, 6.07) is 13.3. The zero-order chi connectivity index (χ0) is 14.5. The van der Waals surface area contributed by atoms with Gasteiger partial charge in [-0.25, -0.2) is 4.39 Å². The molecule has 0 aliphatic rings. The minimum absolute atomic E-state index is 0.119. The highest BCUT2D eigenvalue weighted by molar-refractivity contribution is 5.99. The third kappa shape index (κ3) is 3.15. The Kier molecular flexibility index (Phi) is 4.35. The second kappa shape index (κ2) is 6.19. The number of nitrogens with one attached hydrogen (secondary N) is 1. The number of anilines is 1. The first-order chi connectivity index (χ1) is 9.61. The molecule has 4 heteroatoms. The normalized spacial score (nSPS) is 11.9. The van der Waals surface area contributed by atoms with Crippen LogP contribution in [0.15, 0.2) is 48.5 Å². The molecule has 20 heavy (non-hydrogen) atoms. The van der Waals surface area contributed by atoms with E-state index in [0.717, 1.165) is 18.1 Å². The van der Waals surface area contributed by atoms with Gasteiger partial charge in [0, 0.05) is 5.69 Å². The Morgan fingerprint density at radius 2 is 1.95 bits per heavy atom. The summed E-state index contributed by atoms with van der Waals surface area (Å²) < 4.78 is 13.2. The van der Waals surface area contributed by atoms with E-state index in [2.05, 4.69) is 5.32 Å². The highest BCUT2D eigenvalue weighted by Gasteiger charge is 2.16. The molecule has 2 rings (SSSR count). The zero-order valence-electron chi connectivity index (χ0n) is 11.3. The summed E-state index contributed by atoms with van der Waals surface area (Å²) >= 11 is 0. The second-order valence-electron chi connectivity index (χ2n) is 4.58. The minimum atomic E-state index is -0.475. The van der Waals surface area contributed by atoms with E-state index in [1.165, 1.54) is 12.1 Å². The Bertz CT molecular complexity index is 599. The maximum Gasteiger partial charge on any atom is 0.253 e. The molecule has 104 valence electrons. The van der Waals surface area contributed by atoms with Crippen molar-refractivity contribution in [3.8, 4) is 0 Å². The minimum Gasteiger partial charge on any atom is -0.398 e. The van der Waals surface area contributed by atoms with Gasteiger partial charge in [0.15, 0.2) is 0 Å². The number of hydrogen-bond acceptors (Lipinski definition) is 2. The summed E-state index contributed by atoms with van der Waals surface area (Å²) in [5, 5.41) is 2.88. The van der Waals surface area contributed by atoms with Crippen molar-refractivity contribution in [1.82, 2.24) is 5.32 Å². The van der Waals surface area contributed by atoms with E-state index < -0.39 is 5.82 Å². The van der Waals surface area contributed by atoms with Crippen molar-refractivity contribution < 1.29 is 9.18 Å². The Balaban J connectivity index is 2.20. The molecule has 0 spiro atoms. The van der Waals surface area contributed by atoms with Crippen LogP contribution in [0.25, 0.3) is 0 Å². The van der Waals surface area contributed by atoms with E-state index in [4.69, 9.17) is 5.73 Å². The Morgan fingerprint density at radius 1 is 1.25 bits per heavy atom. The third-order valence-corrected chi connectivity index (χ3v) is 3.18. The molecule has 0 aliphatic heterocycles. The van der Waals surface area contributed by atoms with E-state index >= 15 is 0 Å². The van der Waals surface area contributed by atoms with Crippen LogP contribution in [0, 0.1) is 5.82 Å². The van der Waals surface area contributed by atoms with Crippen LogP contribution in [-0.4, -0.2) is 5.91 Å². The number of nitrogen functional groups attached to an aromatic ring is 1. The summed E-state index contributed by atoms with van der Waals surface area (Å²) in [4.78, 5) is 12.2.